The van der Waals surface area contributed by atoms with Crippen molar-refractivity contribution in [1.29, 1.82) is 0 Å². The summed E-state index contributed by atoms with van der Waals surface area (Å²) in [5.74, 6) is 0. The maximum atomic E-state index is 5.95. The highest BCUT2D eigenvalue weighted by molar-refractivity contribution is 6.30. The average molecular weight is 262 g/mol. The van der Waals surface area contributed by atoms with Crippen molar-refractivity contribution in [2.45, 2.75) is 31.8 Å². The lowest BCUT2D eigenvalue weighted by atomic mass is 10.0. The molecule has 1 unspecified atom stereocenters. The summed E-state index contributed by atoms with van der Waals surface area (Å²) in [6.07, 6.45) is 12.0. The lowest BCUT2D eigenvalue weighted by Gasteiger charge is -2.18. The van der Waals surface area contributed by atoms with Gasteiger partial charge in [-0.15, -0.1) is 0 Å². The van der Waals surface area contributed by atoms with Crippen molar-refractivity contribution in [1.82, 2.24) is 14.7 Å². The quantitative estimate of drug-likeness (QED) is 0.860. The summed E-state index contributed by atoms with van der Waals surface area (Å²) in [5, 5.41) is 4.29. The van der Waals surface area contributed by atoms with Gasteiger partial charge in [-0.1, -0.05) is 23.8 Å². The summed E-state index contributed by atoms with van der Waals surface area (Å²) < 4.78 is 1.97. The standard InChI is InChI=1S/C14H16ClN3/c15-11-6-7-14-17-13(10-18(14)9-11)8-16-12-4-2-1-3-5-12/h1-2,6-7,9-10,12,16H,3-5,8H2. The van der Waals surface area contributed by atoms with Gasteiger partial charge in [0.05, 0.1) is 10.7 Å². The predicted molar refractivity (Wildman–Crippen MR) is 73.8 cm³/mol. The summed E-state index contributed by atoms with van der Waals surface area (Å²) in [6.45, 7) is 0.817. The van der Waals surface area contributed by atoms with E-state index in [4.69, 9.17) is 11.6 Å². The highest BCUT2D eigenvalue weighted by Gasteiger charge is 2.09. The molecule has 0 saturated heterocycles. The third-order valence-corrected chi connectivity index (χ3v) is 3.53. The molecule has 4 heteroatoms. The van der Waals surface area contributed by atoms with Crippen LogP contribution in [0, 0.1) is 0 Å². The molecule has 2 aromatic rings. The van der Waals surface area contributed by atoms with Crippen LogP contribution in [0.3, 0.4) is 0 Å². The van der Waals surface area contributed by atoms with Crippen LogP contribution in [0.5, 0.6) is 0 Å². The van der Waals surface area contributed by atoms with Gasteiger partial charge in [0.25, 0.3) is 0 Å². The first kappa shape index (κ1) is 11.8. The molecule has 1 N–H and O–H groups in total. The Morgan fingerprint density at radius 2 is 2.28 bits per heavy atom. The van der Waals surface area contributed by atoms with Crippen LogP contribution in [0.2, 0.25) is 5.02 Å². The number of halogens is 1. The van der Waals surface area contributed by atoms with Gasteiger partial charge in [-0.2, -0.15) is 0 Å². The molecule has 94 valence electrons. The highest BCUT2D eigenvalue weighted by Crippen LogP contribution is 2.13. The van der Waals surface area contributed by atoms with Crippen LogP contribution < -0.4 is 5.32 Å². The second-order valence-electron chi connectivity index (χ2n) is 4.71. The van der Waals surface area contributed by atoms with Gasteiger partial charge < -0.3 is 9.72 Å². The van der Waals surface area contributed by atoms with Crippen LogP contribution in [0.15, 0.2) is 36.7 Å². The number of rotatable bonds is 3. The number of aromatic nitrogens is 2. The van der Waals surface area contributed by atoms with E-state index in [-0.39, 0.29) is 0 Å². The van der Waals surface area contributed by atoms with Crippen LogP contribution in [0.1, 0.15) is 25.0 Å². The van der Waals surface area contributed by atoms with Gasteiger partial charge in [0.15, 0.2) is 0 Å². The van der Waals surface area contributed by atoms with Crippen molar-refractivity contribution >= 4 is 17.2 Å². The zero-order chi connectivity index (χ0) is 12.4. The molecule has 3 rings (SSSR count). The molecule has 0 fully saturated rings. The molecule has 0 spiro atoms. The van der Waals surface area contributed by atoms with Crippen LogP contribution in [-0.4, -0.2) is 15.4 Å². The summed E-state index contributed by atoms with van der Waals surface area (Å²) >= 11 is 5.95. The number of hydrogen-bond acceptors (Lipinski definition) is 2. The zero-order valence-electron chi connectivity index (χ0n) is 10.1. The Hall–Kier alpha value is -1.32. The van der Waals surface area contributed by atoms with Crippen molar-refractivity contribution in [3.05, 3.63) is 47.4 Å². The van der Waals surface area contributed by atoms with E-state index < -0.39 is 0 Å². The van der Waals surface area contributed by atoms with E-state index in [1.165, 1.54) is 12.8 Å². The van der Waals surface area contributed by atoms with Gasteiger partial charge in [0.1, 0.15) is 5.65 Å². The molecule has 1 aliphatic carbocycles. The fraction of sp³-hybridized carbons (Fsp3) is 0.357. The molecule has 0 aromatic carbocycles. The third kappa shape index (κ3) is 2.57. The first-order valence-corrected chi connectivity index (χ1v) is 6.70. The Kier molecular flexibility index (Phi) is 3.35. The number of fused-ring (bicyclic) bond motifs is 1. The van der Waals surface area contributed by atoms with Gasteiger partial charge in [-0.25, -0.2) is 4.98 Å². The second-order valence-corrected chi connectivity index (χ2v) is 5.14. The normalized spacial score (nSPS) is 19.5. The largest absolute Gasteiger partial charge is 0.308 e. The van der Waals surface area contributed by atoms with Gasteiger partial charge in [-0.05, 0) is 31.4 Å². The van der Waals surface area contributed by atoms with Crippen molar-refractivity contribution in [2.75, 3.05) is 0 Å². The maximum Gasteiger partial charge on any atom is 0.137 e. The fourth-order valence-corrected chi connectivity index (χ4v) is 2.50. The Balaban J connectivity index is 1.69. The highest BCUT2D eigenvalue weighted by atomic mass is 35.5. The molecule has 1 aliphatic rings. The van der Waals surface area contributed by atoms with Gasteiger partial charge in [0.2, 0.25) is 0 Å². The first-order valence-electron chi connectivity index (χ1n) is 6.33. The summed E-state index contributed by atoms with van der Waals surface area (Å²) in [5.41, 5.74) is 2.01. The number of pyridine rings is 1. The number of nitrogens with zero attached hydrogens (tertiary/aromatic N) is 2. The van der Waals surface area contributed by atoms with Gasteiger partial charge in [-0.3, -0.25) is 0 Å². The number of nitrogens with one attached hydrogen (secondary N) is 1. The number of hydrogen-bond donors (Lipinski definition) is 1. The van der Waals surface area contributed by atoms with E-state index >= 15 is 0 Å². The molecule has 0 amide bonds. The van der Waals surface area contributed by atoms with E-state index in [2.05, 4.69) is 22.5 Å². The van der Waals surface area contributed by atoms with Gasteiger partial charge in [0, 0.05) is 25.0 Å². The molecule has 1 atom stereocenters. The zero-order valence-corrected chi connectivity index (χ0v) is 10.9. The molecule has 0 saturated carbocycles. The van der Waals surface area contributed by atoms with Crippen molar-refractivity contribution in [2.24, 2.45) is 0 Å². The second kappa shape index (κ2) is 5.12. The number of imidazole rings is 1. The van der Waals surface area contributed by atoms with Crippen molar-refractivity contribution < 1.29 is 0 Å². The van der Waals surface area contributed by atoms with E-state index in [9.17, 15) is 0 Å². The molecule has 2 aromatic heterocycles. The van der Waals surface area contributed by atoms with E-state index in [0.29, 0.717) is 6.04 Å². The minimum absolute atomic E-state index is 0.586. The van der Waals surface area contributed by atoms with Crippen LogP contribution in [0.25, 0.3) is 5.65 Å². The first-order chi connectivity index (χ1) is 8.81. The van der Waals surface area contributed by atoms with Gasteiger partial charge >= 0.3 is 0 Å². The van der Waals surface area contributed by atoms with Crippen LogP contribution >= 0.6 is 11.6 Å². The molecular weight excluding hydrogens is 246 g/mol. The predicted octanol–water partition coefficient (Wildman–Crippen LogP) is 3.19. The van der Waals surface area contributed by atoms with Crippen molar-refractivity contribution in [3.8, 4) is 0 Å². The van der Waals surface area contributed by atoms with Crippen LogP contribution in [0.4, 0.5) is 0 Å². The molecule has 0 radical (unpaired) electrons. The maximum absolute atomic E-state index is 5.95. The smallest absolute Gasteiger partial charge is 0.137 e. The van der Waals surface area contributed by atoms with Crippen LogP contribution in [-0.2, 0) is 6.54 Å². The lowest BCUT2D eigenvalue weighted by molar-refractivity contribution is 0.471. The lowest BCUT2D eigenvalue weighted by Crippen LogP contribution is -2.29. The molecule has 2 heterocycles. The van der Waals surface area contributed by atoms with E-state index in [1.807, 2.05) is 28.9 Å². The summed E-state index contributed by atoms with van der Waals surface area (Å²) in [6, 6.07) is 4.39. The Bertz CT molecular complexity index is 573. The summed E-state index contributed by atoms with van der Waals surface area (Å²) in [7, 11) is 0. The van der Waals surface area contributed by atoms with Crippen molar-refractivity contribution in [3.63, 3.8) is 0 Å². The van der Waals surface area contributed by atoms with E-state index in [0.717, 1.165) is 29.3 Å². The minimum Gasteiger partial charge on any atom is -0.308 e. The molecule has 0 bridgehead atoms. The Morgan fingerprint density at radius 3 is 3.11 bits per heavy atom. The Morgan fingerprint density at radius 1 is 1.33 bits per heavy atom. The molecule has 0 aliphatic heterocycles. The molecule has 18 heavy (non-hydrogen) atoms. The monoisotopic (exact) mass is 261 g/mol. The average Bonchev–Trinajstić information content (AvgIpc) is 2.79. The van der Waals surface area contributed by atoms with E-state index in [1.54, 1.807) is 0 Å². The third-order valence-electron chi connectivity index (χ3n) is 3.31. The summed E-state index contributed by atoms with van der Waals surface area (Å²) in [4.78, 5) is 4.56. The Labute approximate surface area is 111 Å². The number of allylic oxidation sites excluding steroid dienone is 1. The molecular formula is C14H16ClN3. The molecule has 3 nitrogen and oxygen atoms in total. The topological polar surface area (TPSA) is 29.3 Å². The fourth-order valence-electron chi connectivity index (χ4n) is 2.33. The minimum atomic E-state index is 0.586. The SMILES string of the molecule is Clc1ccc2nc(CNC3CC=CCC3)cn2c1.